The van der Waals surface area contributed by atoms with E-state index in [1.165, 1.54) is 10.9 Å². The van der Waals surface area contributed by atoms with Gasteiger partial charge in [0.15, 0.2) is 0 Å². The summed E-state index contributed by atoms with van der Waals surface area (Å²) in [5.74, 6) is 1.87. The molecule has 1 aliphatic heterocycles. The predicted octanol–water partition coefficient (Wildman–Crippen LogP) is 2.03. The van der Waals surface area contributed by atoms with E-state index in [1.54, 1.807) is 0 Å². The van der Waals surface area contributed by atoms with Crippen molar-refractivity contribution in [1.82, 2.24) is 0 Å². The summed E-state index contributed by atoms with van der Waals surface area (Å²) in [7, 11) is 0. The second kappa shape index (κ2) is 4.69. The van der Waals surface area contributed by atoms with Crippen molar-refractivity contribution in [3.63, 3.8) is 0 Å². The minimum absolute atomic E-state index is 0.200. The Morgan fingerprint density at radius 1 is 1.00 bits per heavy atom. The van der Waals surface area contributed by atoms with Crippen LogP contribution in [0.4, 0.5) is 0 Å². The molecule has 0 aliphatic carbocycles. The second-order valence-electron chi connectivity index (χ2n) is 4.30. The lowest BCUT2D eigenvalue weighted by molar-refractivity contribution is 0.487. The lowest BCUT2D eigenvalue weighted by Gasteiger charge is -2.23. The normalized spacial score (nSPS) is 13.1. The molecule has 2 aromatic carbocycles. The Labute approximate surface area is 107 Å². The first-order chi connectivity index (χ1) is 8.90. The highest BCUT2D eigenvalue weighted by molar-refractivity contribution is 7.05. The van der Waals surface area contributed by atoms with Crippen molar-refractivity contribution in [2.75, 3.05) is 6.54 Å². The fourth-order valence-electron chi connectivity index (χ4n) is 2.32. The molecule has 0 saturated carbocycles. The highest BCUT2D eigenvalue weighted by atomic mass is 16.5. The van der Waals surface area contributed by atoms with Crippen LogP contribution in [0.15, 0.2) is 53.5 Å². The molecule has 2 nitrogen and oxygen atoms in total. The van der Waals surface area contributed by atoms with Crippen LogP contribution >= 0.6 is 0 Å². The van der Waals surface area contributed by atoms with Crippen molar-refractivity contribution in [2.45, 2.75) is 6.92 Å². The van der Waals surface area contributed by atoms with E-state index in [9.17, 15) is 0 Å². The zero-order chi connectivity index (χ0) is 12.4. The van der Waals surface area contributed by atoms with Crippen molar-refractivity contribution < 1.29 is 4.74 Å². The van der Waals surface area contributed by atoms with E-state index in [4.69, 9.17) is 4.74 Å². The fourth-order valence-corrected chi connectivity index (χ4v) is 2.32. The lowest BCUT2D eigenvalue weighted by Crippen LogP contribution is -2.47. The third-order valence-electron chi connectivity index (χ3n) is 3.17. The first-order valence-electron chi connectivity index (χ1n) is 6.26. The molecule has 0 fully saturated rings. The molecule has 0 saturated heterocycles. The van der Waals surface area contributed by atoms with Crippen LogP contribution < -0.4 is 15.7 Å². The summed E-state index contributed by atoms with van der Waals surface area (Å²) in [6, 6.07) is 16.3. The Bertz CT molecular complexity index is 549. The maximum Gasteiger partial charge on any atom is 0.264 e. The van der Waals surface area contributed by atoms with Gasteiger partial charge >= 0.3 is 0 Å². The van der Waals surface area contributed by atoms with Crippen LogP contribution in [-0.2, 0) is 0 Å². The van der Waals surface area contributed by atoms with Gasteiger partial charge in [-0.3, -0.25) is 0 Å². The molecule has 88 valence electrons. The van der Waals surface area contributed by atoms with E-state index < -0.39 is 0 Å². The van der Waals surface area contributed by atoms with Gasteiger partial charge in [0.1, 0.15) is 11.5 Å². The molecule has 0 aromatic heterocycles. The number of fused-ring (bicyclic) bond motifs is 2. The van der Waals surface area contributed by atoms with Gasteiger partial charge in [-0.05, 0) is 36.1 Å². The largest absolute Gasteiger partial charge is 0.458 e. The molecule has 1 aliphatic rings. The highest BCUT2D eigenvalue weighted by Gasteiger charge is 2.28. The van der Waals surface area contributed by atoms with Crippen molar-refractivity contribution in [3.8, 4) is 11.5 Å². The van der Waals surface area contributed by atoms with Crippen LogP contribution in [0.3, 0.4) is 0 Å². The van der Waals surface area contributed by atoms with Gasteiger partial charge in [-0.25, -0.2) is 0 Å². The number of benzene rings is 2. The van der Waals surface area contributed by atoms with Crippen LogP contribution in [-0.4, -0.2) is 19.4 Å². The molecule has 2 aromatic rings. The zero-order valence-corrected chi connectivity index (χ0v) is 10.3. The summed E-state index contributed by atoms with van der Waals surface area (Å²) in [6.45, 7) is 3.06. The molecule has 3 rings (SSSR count). The first-order valence-corrected chi connectivity index (χ1v) is 6.26. The van der Waals surface area contributed by atoms with Crippen molar-refractivity contribution in [2.24, 2.45) is 4.99 Å². The van der Waals surface area contributed by atoms with Gasteiger partial charge in [-0.2, -0.15) is 0 Å². The molecule has 0 atom stereocenters. The van der Waals surface area contributed by atoms with Gasteiger partial charge < -0.3 is 9.73 Å². The molecule has 0 unspecified atom stereocenters. The average molecular weight is 235 g/mol. The minimum atomic E-state index is 0.200. The molecule has 0 N–H and O–H groups in total. The molecule has 0 radical (unpaired) electrons. The van der Waals surface area contributed by atoms with Crippen LogP contribution in [0.5, 0.6) is 11.5 Å². The summed E-state index contributed by atoms with van der Waals surface area (Å²) >= 11 is 0. The summed E-state index contributed by atoms with van der Waals surface area (Å²) in [5.41, 5.74) is 2.38. The Morgan fingerprint density at radius 3 is 2.11 bits per heavy atom. The predicted molar refractivity (Wildman–Crippen MR) is 77.0 cm³/mol. The lowest BCUT2D eigenvalue weighted by atomic mass is 9.40. The molecular formula is C15H14BNO. The number of para-hydroxylation sites is 2. The van der Waals surface area contributed by atoms with Crippen molar-refractivity contribution >= 4 is 23.8 Å². The minimum Gasteiger partial charge on any atom is -0.458 e. The van der Waals surface area contributed by atoms with E-state index >= 15 is 0 Å². The Kier molecular flexibility index (Phi) is 2.89. The monoisotopic (exact) mass is 235 g/mol. The number of rotatable bonds is 2. The topological polar surface area (TPSA) is 21.6 Å². The molecule has 18 heavy (non-hydrogen) atoms. The fraction of sp³-hybridized carbons (Fsp3) is 0.133. The third kappa shape index (κ3) is 1.82. The molecule has 1 heterocycles. The third-order valence-corrected chi connectivity index (χ3v) is 3.17. The van der Waals surface area contributed by atoms with Gasteiger partial charge in [0, 0.05) is 6.54 Å². The van der Waals surface area contributed by atoms with Crippen molar-refractivity contribution in [3.05, 3.63) is 48.5 Å². The number of ether oxygens (including phenoxy) is 1. The van der Waals surface area contributed by atoms with Crippen LogP contribution in [0.25, 0.3) is 0 Å². The maximum absolute atomic E-state index is 5.93. The SMILES string of the molecule is CCN=CB1c2ccccc2Oc2ccccc21. The molecular weight excluding hydrogens is 221 g/mol. The molecule has 0 amide bonds. The summed E-state index contributed by atoms with van der Waals surface area (Å²) in [4.78, 5) is 4.41. The smallest absolute Gasteiger partial charge is 0.264 e. The van der Waals surface area contributed by atoms with Crippen LogP contribution in [0, 0.1) is 0 Å². The molecule has 0 spiro atoms. The van der Waals surface area contributed by atoms with Crippen LogP contribution in [0.2, 0.25) is 0 Å². The van der Waals surface area contributed by atoms with Gasteiger partial charge in [0.25, 0.3) is 6.71 Å². The second-order valence-corrected chi connectivity index (χ2v) is 4.30. The summed E-state index contributed by atoms with van der Waals surface area (Å²) in [5, 5.41) is 0. The first kappa shape index (κ1) is 11.1. The summed E-state index contributed by atoms with van der Waals surface area (Å²) in [6.07, 6.45) is 2.03. The van der Waals surface area contributed by atoms with Gasteiger partial charge in [0.05, 0.1) is 0 Å². The Balaban J connectivity index is 2.14. The van der Waals surface area contributed by atoms with E-state index in [1.807, 2.05) is 49.4 Å². The van der Waals surface area contributed by atoms with E-state index in [-0.39, 0.29) is 6.71 Å². The van der Waals surface area contributed by atoms with E-state index in [0.29, 0.717) is 0 Å². The molecule has 0 bridgehead atoms. The number of nitrogens with zero attached hydrogens (tertiary/aromatic N) is 1. The van der Waals surface area contributed by atoms with Gasteiger partial charge in [-0.15, -0.1) is 0 Å². The molecule has 3 heteroatoms. The zero-order valence-electron chi connectivity index (χ0n) is 10.3. The van der Waals surface area contributed by atoms with Gasteiger partial charge in [-0.1, -0.05) is 36.4 Å². The highest BCUT2D eigenvalue weighted by Crippen LogP contribution is 2.23. The Hall–Kier alpha value is -2.03. The number of aliphatic imine (C=N–C) groups is 1. The standard InChI is InChI=1S/C15H14BNO/c1-2-17-11-16-12-7-3-5-9-14(12)18-15-10-6-4-8-13(15)16/h3-11H,2H2,1H3. The summed E-state index contributed by atoms with van der Waals surface area (Å²) < 4.78 is 5.93. The Morgan fingerprint density at radius 2 is 1.56 bits per heavy atom. The maximum atomic E-state index is 5.93. The van der Waals surface area contributed by atoms with Gasteiger partial charge in [0.2, 0.25) is 0 Å². The van der Waals surface area contributed by atoms with Crippen LogP contribution in [0.1, 0.15) is 6.92 Å². The van der Waals surface area contributed by atoms with E-state index in [0.717, 1.165) is 18.0 Å². The number of hydrogen-bond donors (Lipinski definition) is 0. The average Bonchev–Trinajstić information content (AvgIpc) is 2.43. The van der Waals surface area contributed by atoms with Crippen molar-refractivity contribution in [1.29, 1.82) is 0 Å². The number of hydrogen-bond acceptors (Lipinski definition) is 2. The van der Waals surface area contributed by atoms with E-state index in [2.05, 4.69) is 17.1 Å². The quantitative estimate of drug-likeness (QED) is 0.576.